The van der Waals surface area contributed by atoms with Gasteiger partial charge in [-0.25, -0.2) is 4.39 Å². The first-order valence-electron chi connectivity index (χ1n) is 11.0. The number of ether oxygens (including phenoxy) is 1. The highest BCUT2D eigenvalue weighted by molar-refractivity contribution is 6.01. The molecule has 3 aliphatic rings. The molecule has 3 heterocycles. The summed E-state index contributed by atoms with van der Waals surface area (Å²) in [5.41, 5.74) is -0.220. The number of ketones is 1. The predicted octanol–water partition coefficient (Wildman–Crippen LogP) is 2.13. The molecule has 2 aliphatic heterocycles. The van der Waals surface area contributed by atoms with Gasteiger partial charge >= 0.3 is 0 Å². The van der Waals surface area contributed by atoms with E-state index in [4.69, 9.17) is 4.74 Å². The van der Waals surface area contributed by atoms with E-state index in [1.54, 1.807) is 4.57 Å². The fraction of sp³-hybridized carbons (Fsp3) is 0.545. The van der Waals surface area contributed by atoms with Gasteiger partial charge in [0.15, 0.2) is 11.6 Å². The van der Waals surface area contributed by atoms with Gasteiger partial charge in [0.2, 0.25) is 11.2 Å². The van der Waals surface area contributed by atoms with Crippen LogP contribution in [-0.4, -0.2) is 54.6 Å². The Morgan fingerprint density at radius 2 is 2.12 bits per heavy atom. The Morgan fingerprint density at radius 1 is 1.34 bits per heavy atom. The molecule has 2 saturated heterocycles. The summed E-state index contributed by atoms with van der Waals surface area (Å²) < 4.78 is 22.9. The van der Waals surface area contributed by atoms with Crippen molar-refractivity contribution in [2.24, 2.45) is 5.92 Å². The first-order chi connectivity index (χ1) is 15.4. The molecule has 0 amide bonds. The number of methoxy groups -OCH3 is 1. The fourth-order valence-corrected chi connectivity index (χ4v) is 5.20. The van der Waals surface area contributed by atoms with Gasteiger partial charge in [0.1, 0.15) is 5.69 Å². The normalized spacial score (nSPS) is 22.8. The predicted molar refractivity (Wildman–Crippen MR) is 116 cm³/mol. The van der Waals surface area contributed by atoms with E-state index in [0.717, 1.165) is 38.3 Å². The van der Waals surface area contributed by atoms with Crippen molar-refractivity contribution in [1.82, 2.24) is 9.88 Å². The molecule has 10 heteroatoms. The summed E-state index contributed by atoms with van der Waals surface area (Å²) in [5.74, 6) is -0.770. The molecule has 2 aromatic rings. The molecule has 1 aliphatic carbocycles. The van der Waals surface area contributed by atoms with Crippen LogP contribution >= 0.6 is 0 Å². The van der Waals surface area contributed by atoms with Crippen molar-refractivity contribution < 1.29 is 18.8 Å². The highest BCUT2D eigenvalue weighted by Gasteiger charge is 2.38. The Labute approximate surface area is 183 Å². The number of hydrogen-bond donors (Lipinski definition) is 1. The number of Topliss-reactive ketones (excluding diaryl/α,β-unsaturated/α-hetero) is 1. The zero-order valence-corrected chi connectivity index (χ0v) is 17.8. The lowest BCUT2D eigenvalue weighted by Gasteiger charge is -2.25. The molecule has 32 heavy (non-hydrogen) atoms. The van der Waals surface area contributed by atoms with Crippen molar-refractivity contribution in [3.63, 3.8) is 0 Å². The number of aromatic nitrogens is 1. The molecule has 1 saturated carbocycles. The third-order valence-electron chi connectivity index (χ3n) is 6.83. The van der Waals surface area contributed by atoms with Gasteiger partial charge in [0.05, 0.1) is 23.6 Å². The Hall–Kier alpha value is -3.01. The van der Waals surface area contributed by atoms with Gasteiger partial charge in [-0.05, 0) is 44.2 Å². The molecule has 1 N–H and O–H groups in total. The van der Waals surface area contributed by atoms with Gasteiger partial charge in [-0.1, -0.05) is 0 Å². The average Bonchev–Trinajstić information content (AvgIpc) is 3.51. The Morgan fingerprint density at radius 3 is 2.78 bits per heavy atom. The molecule has 2 atom stereocenters. The molecule has 5 rings (SSSR count). The highest BCUT2D eigenvalue weighted by atomic mass is 19.1. The molecule has 3 fully saturated rings. The number of anilines is 1. The summed E-state index contributed by atoms with van der Waals surface area (Å²) in [6, 6.07) is 1.49. The lowest BCUT2D eigenvalue weighted by Crippen LogP contribution is -2.40. The number of benzene rings is 1. The largest absolute Gasteiger partial charge is 0.492 e. The molecular formula is C22H25FN4O5. The number of piperidine rings is 1. The summed E-state index contributed by atoms with van der Waals surface area (Å²) in [7, 11) is 1.45. The van der Waals surface area contributed by atoms with Gasteiger partial charge in [-0.2, -0.15) is 0 Å². The van der Waals surface area contributed by atoms with E-state index in [1.165, 1.54) is 13.3 Å². The Balaban J connectivity index is 1.69. The SMILES string of the molecule is COc1c(N2C[C@H]3CCCN[C@@H]3C2)c(F)cc2c(=O)c(C(=O)C[N+](=O)[O-])cn(C3CC3)c12. The second-order valence-electron chi connectivity index (χ2n) is 8.93. The van der Waals surface area contributed by atoms with Crippen molar-refractivity contribution in [1.29, 1.82) is 0 Å². The van der Waals surface area contributed by atoms with E-state index in [-0.39, 0.29) is 28.8 Å². The smallest absolute Gasteiger partial charge is 0.266 e. The van der Waals surface area contributed by atoms with E-state index in [2.05, 4.69) is 5.32 Å². The minimum absolute atomic E-state index is 0.0129. The van der Waals surface area contributed by atoms with Gasteiger partial charge < -0.3 is 19.5 Å². The van der Waals surface area contributed by atoms with Crippen LogP contribution in [0.15, 0.2) is 17.1 Å². The number of halogens is 1. The summed E-state index contributed by atoms with van der Waals surface area (Å²) in [6.07, 6.45) is 5.25. The standard InChI is InChI=1S/C22H25FN4O5/c1-32-22-19-14(7-16(23)20(22)25-8-12-3-2-6-24-17(12)10-25)21(29)15(18(28)11-27(30)31)9-26(19)13-4-5-13/h7,9,12-13,17,24H,2-6,8,10-11H2,1H3/t12-,17-/m1/s1. The van der Waals surface area contributed by atoms with E-state index in [1.807, 2.05) is 4.90 Å². The molecule has 170 valence electrons. The number of rotatable bonds is 6. The zero-order valence-electron chi connectivity index (χ0n) is 17.8. The van der Waals surface area contributed by atoms with Crippen LogP contribution in [0.2, 0.25) is 0 Å². The van der Waals surface area contributed by atoms with Crippen molar-refractivity contribution >= 4 is 22.4 Å². The van der Waals surface area contributed by atoms with E-state index in [0.29, 0.717) is 30.2 Å². The van der Waals surface area contributed by atoms with Crippen LogP contribution in [0.5, 0.6) is 5.75 Å². The summed E-state index contributed by atoms with van der Waals surface area (Å²) >= 11 is 0. The van der Waals surface area contributed by atoms with Crippen LogP contribution < -0.4 is 20.4 Å². The molecule has 0 radical (unpaired) electrons. The summed E-state index contributed by atoms with van der Waals surface area (Å²) in [4.78, 5) is 37.5. The number of fused-ring (bicyclic) bond motifs is 2. The van der Waals surface area contributed by atoms with Crippen LogP contribution in [0.4, 0.5) is 10.1 Å². The molecule has 0 bridgehead atoms. The number of carbonyl (C=O) groups is 1. The molecular weight excluding hydrogens is 419 g/mol. The van der Waals surface area contributed by atoms with E-state index >= 15 is 4.39 Å². The van der Waals surface area contributed by atoms with Crippen molar-refractivity contribution in [3.05, 3.63) is 44.0 Å². The van der Waals surface area contributed by atoms with Gasteiger partial charge in [0.25, 0.3) is 6.54 Å². The number of nitrogens with zero attached hydrogens (tertiary/aromatic N) is 3. The minimum Gasteiger partial charge on any atom is -0.492 e. The minimum atomic E-state index is -0.979. The van der Waals surface area contributed by atoms with Crippen molar-refractivity contribution in [2.75, 3.05) is 38.2 Å². The lowest BCUT2D eigenvalue weighted by molar-refractivity contribution is -0.465. The first kappa shape index (κ1) is 20.9. The summed E-state index contributed by atoms with van der Waals surface area (Å²) in [5, 5.41) is 14.3. The van der Waals surface area contributed by atoms with Crippen LogP contribution in [0.3, 0.4) is 0 Å². The number of hydrogen-bond acceptors (Lipinski definition) is 7. The van der Waals surface area contributed by atoms with Crippen molar-refractivity contribution in [3.8, 4) is 5.75 Å². The van der Waals surface area contributed by atoms with Gasteiger partial charge in [0, 0.05) is 36.3 Å². The molecule has 1 aromatic heterocycles. The number of pyridine rings is 1. The third kappa shape index (κ3) is 3.42. The summed E-state index contributed by atoms with van der Waals surface area (Å²) in [6.45, 7) is 1.32. The third-order valence-corrected chi connectivity index (χ3v) is 6.83. The number of nitrogens with one attached hydrogen (secondary N) is 1. The van der Waals surface area contributed by atoms with Crippen molar-refractivity contribution in [2.45, 2.75) is 37.8 Å². The lowest BCUT2D eigenvalue weighted by atomic mass is 9.94. The fourth-order valence-electron chi connectivity index (χ4n) is 5.20. The van der Waals surface area contributed by atoms with Gasteiger partial charge in [-0.15, -0.1) is 0 Å². The monoisotopic (exact) mass is 444 g/mol. The maximum absolute atomic E-state index is 15.5. The van der Waals surface area contributed by atoms with Crippen LogP contribution in [0.25, 0.3) is 10.9 Å². The van der Waals surface area contributed by atoms with Crippen LogP contribution in [-0.2, 0) is 0 Å². The van der Waals surface area contributed by atoms with E-state index in [9.17, 15) is 19.7 Å². The maximum atomic E-state index is 15.5. The number of nitro groups is 1. The first-order valence-corrected chi connectivity index (χ1v) is 11.0. The topological polar surface area (TPSA) is 107 Å². The number of carbonyl (C=O) groups excluding carboxylic acids is 1. The quantitative estimate of drug-likeness (QED) is 0.413. The van der Waals surface area contributed by atoms with Crippen LogP contribution in [0, 0.1) is 21.8 Å². The Bertz CT molecular complexity index is 1160. The average molecular weight is 444 g/mol. The second kappa shape index (κ2) is 7.84. The van der Waals surface area contributed by atoms with Crippen LogP contribution in [0.1, 0.15) is 42.1 Å². The van der Waals surface area contributed by atoms with E-state index < -0.39 is 28.5 Å². The maximum Gasteiger partial charge on any atom is 0.266 e. The molecule has 0 spiro atoms. The van der Waals surface area contributed by atoms with Gasteiger partial charge in [-0.3, -0.25) is 19.7 Å². The highest BCUT2D eigenvalue weighted by Crippen LogP contribution is 2.45. The second-order valence-corrected chi connectivity index (χ2v) is 8.93. The molecule has 9 nitrogen and oxygen atoms in total. The zero-order chi connectivity index (χ0) is 22.6. The Kier molecular flexibility index (Phi) is 5.11. The molecule has 1 aromatic carbocycles. The molecule has 0 unspecified atom stereocenters.